The zero-order chi connectivity index (χ0) is 12.6. The van der Waals surface area contributed by atoms with Crippen LogP contribution in [-0.4, -0.2) is 15.8 Å². The van der Waals surface area contributed by atoms with Crippen molar-refractivity contribution in [3.8, 4) is 0 Å². The molecular formula is C15H13ClN2O. The molecule has 0 aliphatic heterocycles. The Labute approximate surface area is 118 Å². The van der Waals surface area contributed by atoms with Crippen molar-refractivity contribution < 1.29 is 4.79 Å². The molecule has 0 aliphatic carbocycles. The first-order valence-electron chi connectivity index (χ1n) is 5.57. The molecule has 0 radical (unpaired) electrons. The van der Waals surface area contributed by atoms with Crippen molar-refractivity contribution >= 4 is 30.3 Å². The van der Waals surface area contributed by atoms with Crippen molar-refractivity contribution in [3.05, 3.63) is 72.3 Å². The maximum atomic E-state index is 11.6. The van der Waals surface area contributed by atoms with Crippen LogP contribution in [0, 0.1) is 0 Å². The summed E-state index contributed by atoms with van der Waals surface area (Å²) >= 11 is 0. The quantitative estimate of drug-likeness (QED) is 0.803. The van der Waals surface area contributed by atoms with Gasteiger partial charge < -0.3 is 0 Å². The highest BCUT2D eigenvalue weighted by atomic mass is 35.5. The van der Waals surface area contributed by atoms with E-state index in [9.17, 15) is 4.79 Å². The summed E-state index contributed by atoms with van der Waals surface area (Å²) in [5, 5.41) is 0. The molecule has 0 fully saturated rings. The van der Waals surface area contributed by atoms with Gasteiger partial charge in [-0.2, -0.15) is 0 Å². The van der Waals surface area contributed by atoms with E-state index in [1.807, 2.05) is 30.3 Å². The van der Waals surface area contributed by atoms with Crippen LogP contribution in [0.15, 0.2) is 60.9 Å². The number of halogens is 1. The van der Waals surface area contributed by atoms with E-state index in [1.54, 1.807) is 30.6 Å². The Balaban J connectivity index is 0.00000180. The van der Waals surface area contributed by atoms with Crippen LogP contribution in [0.4, 0.5) is 0 Å². The Hall–Kier alpha value is -2.26. The monoisotopic (exact) mass is 272 g/mol. The van der Waals surface area contributed by atoms with E-state index in [4.69, 9.17) is 0 Å². The van der Waals surface area contributed by atoms with Crippen LogP contribution in [0.1, 0.15) is 11.4 Å². The number of benzene rings is 1. The molecule has 0 bridgehead atoms. The minimum absolute atomic E-state index is 0. The van der Waals surface area contributed by atoms with Gasteiger partial charge in [0.15, 0.2) is 11.6 Å². The molecule has 1 aromatic heterocycles. The second kappa shape index (κ2) is 7.95. The summed E-state index contributed by atoms with van der Waals surface area (Å²) in [6.07, 6.45) is 9.62. The predicted molar refractivity (Wildman–Crippen MR) is 78.8 cm³/mol. The van der Waals surface area contributed by atoms with Gasteiger partial charge in [-0.3, -0.25) is 4.79 Å². The van der Waals surface area contributed by atoms with Crippen LogP contribution < -0.4 is 0 Å². The third kappa shape index (κ3) is 5.27. The van der Waals surface area contributed by atoms with E-state index >= 15 is 0 Å². The SMILES string of the molecule is Cl.O=C(/C=C/c1ccccc1)/C=C/c1ncccn1. The average Bonchev–Trinajstić information content (AvgIpc) is 2.45. The Bertz CT molecular complexity index is 514. The number of nitrogens with zero attached hydrogens (tertiary/aromatic N) is 2. The summed E-state index contributed by atoms with van der Waals surface area (Å²) in [4.78, 5) is 19.6. The van der Waals surface area contributed by atoms with Gasteiger partial charge in [0.25, 0.3) is 0 Å². The van der Waals surface area contributed by atoms with Crippen LogP contribution in [-0.2, 0) is 4.79 Å². The Morgan fingerprint density at radius 1 is 0.895 bits per heavy atom. The van der Waals surface area contributed by atoms with E-state index in [1.165, 1.54) is 12.2 Å². The van der Waals surface area contributed by atoms with Gasteiger partial charge in [0.05, 0.1) is 0 Å². The van der Waals surface area contributed by atoms with Crippen molar-refractivity contribution in [3.63, 3.8) is 0 Å². The maximum Gasteiger partial charge on any atom is 0.178 e. The third-order valence-corrected chi connectivity index (χ3v) is 2.22. The second-order valence-corrected chi connectivity index (χ2v) is 3.59. The van der Waals surface area contributed by atoms with Crippen molar-refractivity contribution in [2.75, 3.05) is 0 Å². The van der Waals surface area contributed by atoms with Gasteiger partial charge in [-0.15, -0.1) is 12.4 Å². The zero-order valence-corrected chi connectivity index (χ0v) is 11.0. The van der Waals surface area contributed by atoms with Gasteiger partial charge in [-0.05, 0) is 29.9 Å². The van der Waals surface area contributed by atoms with Gasteiger partial charge in [-0.25, -0.2) is 9.97 Å². The molecule has 1 heterocycles. The molecule has 0 saturated heterocycles. The number of carbonyl (C=O) groups excluding carboxylic acids is 1. The lowest BCUT2D eigenvalue weighted by atomic mass is 10.2. The Morgan fingerprint density at radius 3 is 2.21 bits per heavy atom. The van der Waals surface area contributed by atoms with E-state index < -0.39 is 0 Å². The van der Waals surface area contributed by atoms with Crippen molar-refractivity contribution in [1.82, 2.24) is 9.97 Å². The summed E-state index contributed by atoms with van der Waals surface area (Å²) in [7, 11) is 0. The van der Waals surface area contributed by atoms with Crippen molar-refractivity contribution in [2.45, 2.75) is 0 Å². The van der Waals surface area contributed by atoms with Gasteiger partial charge in [0.2, 0.25) is 0 Å². The van der Waals surface area contributed by atoms with Crippen LogP contribution in [0.5, 0.6) is 0 Å². The van der Waals surface area contributed by atoms with E-state index in [2.05, 4.69) is 9.97 Å². The topological polar surface area (TPSA) is 42.9 Å². The largest absolute Gasteiger partial charge is 0.290 e. The average molecular weight is 273 g/mol. The molecule has 0 spiro atoms. The van der Waals surface area contributed by atoms with Crippen LogP contribution in [0.25, 0.3) is 12.2 Å². The van der Waals surface area contributed by atoms with Crippen LogP contribution in [0.2, 0.25) is 0 Å². The van der Waals surface area contributed by atoms with Gasteiger partial charge in [0.1, 0.15) is 0 Å². The summed E-state index contributed by atoms with van der Waals surface area (Å²) in [6.45, 7) is 0. The van der Waals surface area contributed by atoms with Crippen molar-refractivity contribution in [1.29, 1.82) is 0 Å². The highest BCUT2D eigenvalue weighted by Crippen LogP contribution is 2.01. The molecule has 2 rings (SSSR count). The maximum absolute atomic E-state index is 11.6. The number of rotatable bonds is 4. The molecule has 3 nitrogen and oxygen atoms in total. The first-order valence-corrected chi connectivity index (χ1v) is 5.57. The zero-order valence-electron chi connectivity index (χ0n) is 10.1. The normalized spacial score (nSPS) is 10.5. The lowest BCUT2D eigenvalue weighted by Crippen LogP contribution is -1.88. The number of aromatic nitrogens is 2. The van der Waals surface area contributed by atoms with Crippen molar-refractivity contribution in [2.24, 2.45) is 0 Å². The fourth-order valence-corrected chi connectivity index (χ4v) is 1.35. The summed E-state index contributed by atoms with van der Waals surface area (Å²) in [5.41, 5.74) is 0.996. The lowest BCUT2D eigenvalue weighted by Gasteiger charge is -1.90. The van der Waals surface area contributed by atoms with Gasteiger partial charge in [0, 0.05) is 12.4 Å². The van der Waals surface area contributed by atoms with E-state index in [0.717, 1.165) is 5.56 Å². The van der Waals surface area contributed by atoms with Crippen LogP contribution >= 0.6 is 12.4 Å². The smallest absolute Gasteiger partial charge is 0.178 e. The molecule has 0 atom stereocenters. The highest BCUT2D eigenvalue weighted by molar-refractivity contribution is 6.04. The molecule has 0 saturated carbocycles. The molecule has 4 heteroatoms. The minimum atomic E-state index is -0.0914. The Morgan fingerprint density at radius 2 is 1.53 bits per heavy atom. The first-order chi connectivity index (χ1) is 8.84. The molecular weight excluding hydrogens is 260 g/mol. The molecule has 1 aromatic carbocycles. The standard InChI is InChI=1S/C15H12N2O.ClH/c18-14(8-7-13-5-2-1-3-6-13)9-10-15-16-11-4-12-17-15;/h1-12H;1H/b8-7+,10-9+;. The van der Waals surface area contributed by atoms with E-state index in [-0.39, 0.29) is 18.2 Å². The second-order valence-electron chi connectivity index (χ2n) is 3.59. The first kappa shape index (κ1) is 14.8. The highest BCUT2D eigenvalue weighted by Gasteiger charge is 1.91. The van der Waals surface area contributed by atoms with Crippen LogP contribution in [0.3, 0.4) is 0 Å². The summed E-state index contributed by atoms with van der Waals surface area (Å²) in [6, 6.07) is 11.4. The molecule has 0 unspecified atom stereocenters. The number of allylic oxidation sites excluding steroid dienone is 2. The summed E-state index contributed by atoms with van der Waals surface area (Å²) < 4.78 is 0. The lowest BCUT2D eigenvalue weighted by molar-refractivity contribution is -0.110. The van der Waals surface area contributed by atoms with Gasteiger partial charge >= 0.3 is 0 Å². The number of hydrogen-bond acceptors (Lipinski definition) is 3. The molecule has 0 amide bonds. The molecule has 2 aromatic rings. The fraction of sp³-hybridized carbons (Fsp3) is 0. The minimum Gasteiger partial charge on any atom is -0.290 e. The Kier molecular flexibility index (Phi) is 6.19. The number of ketones is 1. The predicted octanol–water partition coefficient (Wildman–Crippen LogP) is 3.19. The molecule has 19 heavy (non-hydrogen) atoms. The van der Waals surface area contributed by atoms with Gasteiger partial charge in [-0.1, -0.05) is 36.4 Å². The third-order valence-electron chi connectivity index (χ3n) is 2.22. The van der Waals surface area contributed by atoms with E-state index in [0.29, 0.717) is 5.82 Å². The number of carbonyl (C=O) groups is 1. The molecule has 96 valence electrons. The summed E-state index contributed by atoms with van der Waals surface area (Å²) in [5.74, 6) is 0.435. The molecule has 0 N–H and O–H groups in total. The number of hydrogen-bond donors (Lipinski definition) is 0. The molecule has 0 aliphatic rings. The fourth-order valence-electron chi connectivity index (χ4n) is 1.35.